The summed E-state index contributed by atoms with van der Waals surface area (Å²) in [6.07, 6.45) is 0.148. The van der Waals surface area contributed by atoms with Gasteiger partial charge in [0, 0.05) is 17.1 Å². The van der Waals surface area contributed by atoms with Crippen molar-refractivity contribution >= 4 is 21.9 Å². The highest BCUT2D eigenvalue weighted by Crippen LogP contribution is 2.22. The van der Waals surface area contributed by atoms with Crippen LogP contribution in [0.15, 0.2) is 28.7 Å². The van der Waals surface area contributed by atoms with E-state index in [1.807, 2.05) is 31.2 Å². The van der Waals surface area contributed by atoms with E-state index in [0.29, 0.717) is 6.54 Å². The number of nitrogens with one attached hydrogen (secondary N) is 1. The van der Waals surface area contributed by atoms with Crippen LogP contribution in [0.1, 0.15) is 24.9 Å². The van der Waals surface area contributed by atoms with E-state index in [-0.39, 0.29) is 12.5 Å². The molecule has 0 spiro atoms. The SMILES string of the molecule is C[C@H](NCCC(=O)O)c1ccccc1Br. The summed E-state index contributed by atoms with van der Waals surface area (Å²) in [5, 5.41) is 11.7. The number of benzene rings is 1. The van der Waals surface area contributed by atoms with Gasteiger partial charge in [-0.3, -0.25) is 4.79 Å². The lowest BCUT2D eigenvalue weighted by atomic mass is 10.1. The zero-order chi connectivity index (χ0) is 11.3. The summed E-state index contributed by atoms with van der Waals surface area (Å²) in [7, 11) is 0. The summed E-state index contributed by atoms with van der Waals surface area (Å²) >= 11 is 3.46. The lowest BCUT2D eigenvalue weighted by Crippen LogP contribution is -2.22. The third-order valence-corrected chi connectivity index (χ3v) is 2.88. The first-order chi connectivity index (χ1) is 7.11. The Labute approximate surface area is 97.6 Å². The standard InChI is InChI=1S/C11H14BrNO2/c1-8(13-7-6-11(14)15)9-4-2-3-5-10(9)12/h2-5,8,13H,6-7H2,1H3,(H,14,15)/t8-/m0/s1. The van der Waals surface area contributed by atoms with E-state index in [4.69, 9.17) is 5.11 Å². The molecule has 0 amide bonds. The fraction of sp³-hybridized carbons (Fsp3) is 0.364. The van der Waals surface area contributed by atoms with E-state index >= 15 is 0 Å². The van der Waals surface area contributed by atoms with E-state index < -0.39 is 5.97 Å². The van der Waals surface area contributed by atoms with Crippen LogP contribution < -0.4 is 5.32 Å². The summed E-state index contributed by atoms with van der Waals surface area (Å²) in [6.45, 7) is 2.50. The van der Waals surface area contributed by atoms with E-state index in [2.05, 4.69) is 21.2 Å². The summed E-state index contributed by atoms with van der Waals surface area (Å²) in [5.74, 6) is -0.776. The van der Waals surface area contributed by atoms with Crippen molar-refractivity contribution in [3.63, 3.8) is 0 Å². The van der Waals surface area contributed by atoms with Crippen molar-refractivity contribution in [2.75, 3.05) is 6.54 Å². The molecule has 0 aromatic heterocycles. The summed E-state index contributed by atoms with van der Waals surface area (Å²) in [6, 6.07) is 8.07. The molecule has 1 rings (SSSR count). The summed E-state index contributed by atoms with van der Waals surface area (Å²) in [5.41, 5.74) is 1.14. The lowest BCUT2D eigenvalue weighted by Gasteiger charge is -2.14. The predicted octanol–water partition coefficient (Wildman–Crippen LogP) is 2.57. The van der Waals surface area contributed by atoms with Gasteiger partial charge >= 0.3 is 5.97 Å². The highest BCUT2D eigenvalue weighted by atomic mass is 79.9. The minimum Gasteiger partial charge on any atom is -0.481 e. The summed E-state index contributed by atoms with van der Waals surface area (Å²) in [4.78, 5) is 10.3. The molecular weight excluding hydrogens is 258 g/mol. The molecule has 0 unspecified atom stereocenters. The zero-order valence-electron chi connectivity index (χ0n) is 8.53. The third-order valence-electron chi connectivity index (χ3n) is 2.16. The number of aliphatic carboxylic acids is 1. The smallest absolute Gasteiger partial charge is 0.304 e. The molecule has 0 aliphatic heterocycles. The second-order valence-electron chi connectivity index (χ2n) is 3.34. The Morgan fingerprint density at radius 1 is 1.53 bits per heavy atom. The van der Waals surface area contributed by atoms with Gasteiger partial charge in [-0.2, -0.15) is 0 Å². The molecule has 0 heterocycles. The molecule has 0 saturated carbocycles. The Hall–Kier alpha value is -0.870. The van der Waals surface area contributed by atoms with Crippen LogP contribution in [0.5, 0.6) is 0 Å². The second-order valence-corrected chi connectivity index (χ2v) is 4.20. The largest absolute Gasteiger partial charge is 0.481 e. The maximum atomic E-state index is 10.3. The quantitative estimate of drug-likeness (QED) is 0.866. The van der Waals surface area contributed by atoms with Crippen LogP contribution in [0.4, 0.5) is 0 Å². The molecule has 0 radical (unpaired) electrons. The van der Waals surface area contributed by atoms with Crippen LogP contribution in [0.25, 0.3) is 0 Å². The van der Waals surface area contributed by atoms with Crippen LogP contribution in [-0.2, 0) is 4.79 Å². The van der Waals surface area contributed by atoms with E-state index in [1.54, 1.807) is 0 Å². The molecular formula is C11H14BrNO2. The number of hydrogen-bond donors (Lipinski definition) is 2. The average Bonchev–Trinajstić information content (AvgIpc) is 2.17. The van der Waals surface area contributed by atoms with E-state index in [1.165, 1.54) is 0 Å². The van der Waals surface area contributed by atoms with Gasteiger partial charge in [0.1, 0.15) is 0 Å². The highest BCUT2D eigenvalue weighted by molar-refractivity contribution is 9.10. The fourth-order valence-electron chi connectivity index (χ4n) is 1.33. The number of halogens is 1. The van der Waals surface area contributed by atoms with E-state index in [9.17, 15) is 4.79 Å². The van der Waals surface area contributed by atoms with E-state index in [0.717, 1.165) is 10.0 Å². The molecule has 0 aliphatic carbocycles. The van der Waals surface area contributed by atoms with Crippen LogP contribution in [0.2, 0.25) is 0 Å². The molecule has 2 N–H and O–H groups in total. The van der Waals surface area contributed by atoms with Gasteiger partial charge in [0.05, 0.1) is 6.42 Å². The van der Waals surface area contributed by atoms with Gasteiger partial charge in [0.25, 0.3) is 0 Å². The van der Waals surface area contributed by atoms with Gasteiger partial charge in [-0.25, -0.2) is 0 Å². The maximum Gasteiger partial charge on any atom is 0.304 e. The normalized spacial score (nSPS) is 12.4. The monoisotopic (exact) mass is 271 g/mol. The molecule has 15 heavy (non-hydrogen) atoms. The molecule has 1 aromatic rings. The second kappa shape index (κ2) is 5.88. The van der Waals surface area contributed by atoms with Crippen molar-refractivity contribution in [2.45, 2.75) is 19.4 Å². The minimum atomic E-state index is -0.776. The van der Waals surface area contributed by atoms with Crippen LogP contribution in [-0.4, -0.2) is 17.6 Å². The molecule has 0 aliphatic rings. The molecule has 3 nitrogen and oxygen atoms in total. The number of carbonyl (C=O) groups is 1. The Bertz CT molecular complexity index is 341. The van der Waals surface area contributed by atoms with Crippen LogP contribution in [0, 0.1) is 0 Å². The first-order valence-corrected chi connectivity index (χ1v) is 5.60. The zero-order valence-corrected chi connectivity index (χ0v) is 10.1. The fourth-order valence-corrected chi connectivity index (χ4v) is 1.96. The number of carboxylic acids is 1. The Kier molecular flexibility index (Phi) is 4.78. The van der Waals surface area contributed by atoms with Gasteiger partial charge in [-0.15, -0.1) is 0 Å². The van der Waals surface area contributed by atoms with Gasteiger partial charge in [0.2, 0.25) is 0 Å². The van der Waals surface area contributed by atoms with Crippen LogP contribution >= 0.6 is 15.9 Å². The third kappa shape index (κ3) is 4.01. The van der Waals surface area contributed by atoms with Crippen molar-refractivity contribution < 1.29 is 9.90 Å². The van der Waals surface area contributed by atoms with Gasteiger partial charge in [0.15, 0.2) is 0 Å². The Morgan fingerprint density at radius 2 is 2.20 bits per heavy atom. The van der Waals surface area contributed by atoms with Crippen molar-refractivity contribution in [1.29, 1.82) is 0 Å². The molecule has 1 aromatic carbocycles. The topological polar surface area (TPSA) is 49.3 Å². The molecule has 0 fully saturated rings. The minimum absolute atomic E-state index is 0.148. The van der Waals surface area contributed by atoms with Gasteiger partial charge < -0.3 is 10.4 Å². The number of rotatable bonds is 5. The molecule has 0 saturated heterocycles. The Morgan fingerprint density at radius 3 is 2.80 bits per heavy atom. The van der Waals surface area contributed by atoms with Crippen molar-refractivity contribution in [1.82, 2.24) is 5.32 Å². The number of carboxylic acid groups (broad SMARTS) is 1. The first kappa shape index (κ1) is 12.2. The molecule has 4 heteroatoms. The molecule has 1 atom stereocenters. The van der Waals surface area contributed by atoms with Crippen LogP contribution in [0.3, 0.4) is 0 Å². The first-order valence-electron chi connectivity index (χ1n) is 4.81. The molecule has 82 valence electrons. The van der Waals surface area contributed by atoms with Crippen molar-refractivity contribution in [3.05, 3.63) is 34.3 Å². The predicted molar refractivity (Wildman–Crippen MR) is 62.8 cm³/mol. The molecule has 0 bridgehead atoms. The van der Waals surface area contributed by atoms with Gasteiger partial charge in [-0.05, 0) is 18.6 Å². The van der Waals surface area contributed by atoms with Crippen molar-refractivity contribution in [3.8, 4) is 0 Å². The maximum absolute atomic E-state index is 10.3. The average molecular weight is 272 g/mol. The number of hydrogen-bond acceptors (Lipinski definition) is 2. The lowest BCUT2D eigenvalue weighted by molar-refractivity contribution is -0.136. The van der Waals surface area contributed by atoms with Crippen molar-refractivity contribution in [2.24, 2.45) is 0 Å². The van der Waals surface area contributed by atoms with Gasteiger partial charge in [-0.1, -0.05) is 34.1 Å². The Balaban J connectivity index is 2.50. The summed E-state index contributed by atoms with van der Waals surface area (Å²) < 4.78 is 1.04. The highest BCUT2D eigenvalue weighted by Gasteiger charge is 2.08.